The third-order valence-corrected chi connectivity index (χ3v) is 15.5. The van der Waals surface area contributed by atoms with Crippen LogP contribution in [0.3, 0.4) is 0 Å². The number of allylic oxidation sites excluding steroid dienone is 8. The second-order valence-electron chi connectivity index (χ2n) is 19.4. The van der Waals surface area contributed by atoms with E-state index in [2.05, 4.69) is 197 Å². The predicted octanol–water partition coefficient (Wildman–Crippen LogP) is 16.3. The summed E-state index contributed by atoms with van der Waals surface area (Å²) in [6, 6.07) is 55.8. The number of fused-ring (bicyclic) bond motifs is 4. The zero-order chi connectivity index (χ0) is 46.7. The number of carboxylic acid groups (broad SMARTS) is 1. The number of rotatable bonds is 15. The van der Waals surface area contributed by atoms with Gasteiger partial charge in [0, 0.05) is 38.6 Å². The van der Waals surface area contributed by atoms with Crippen molar-refractivity contribution in [2.24, 2.45) is 5.92 Å². The molecule has 0 bridgehead atoms. The fourth-order valence-corrected chi connectivity index (χ4v) is 11.8. The molecule has 0 spiro atoms. The zero-order valence-corrected chi connectivity index (χ0v) is 40.4. The lowest BCUT2D eigenvalue weighted by Crippen LogP contribution is -2.31. The van der Waals surface area contributed by atoms with Crippen molar-refractivity contribution in [2.45, 2.75) is 82.4 Å². The molecule has 0 aromatic heterocycles. The van der Waals surface area contributed by atoms with Gasteiger partial charge in [0.25, 0.3) is 0 Å². The monoisotopic (exact) mass is 895 g/mol. The highest BCUT2D eigenvalue weighted by Gasteiger charge is 2.44. The topological polar surface area (TPSA) is 40.5 Å². The van der Waals surface area contributed by atoms with E-state index in [4.69, 9.17) is 6.58 Å². The molecule has 9 rings (SSSR count). The van der Waals surface area contributed by atoms with Gasteiger partial charge in [-0.3, -0.25) is 0 Å². The van der Waals surface area contributed by atoms with E-state index in [9.17, 15) is 9.90 Å². The Kier molecular flexibility index (Phi) is 13.1. The molecular weight excluding hydrogens is 835 g/mol. The Hall–Kier alpha value is -6.62. The van der Waals surface area contributed by atoms with Crippen molar-refractivity contribution in [3.63, 3.8) is 0 Å². The molecule has 2 unspecified atom stereocenters. The summed E-state index contributed by atoms with van der Waals surface area (Å²) in [5, 5.41) is 14.8. The van der Waals surface area contributed by atoms with E-state index in [1.807, 2.05) is 12.1 Å². The molecule has 0 amide bonds. The van der Waals surface area contributed by atoms with Crippen molar-refractivity contribution in [1.82, 2.24) is 0 Å². The summed E-state index contributed by atoms with van der Waals surface area (Å²) in [6.07, 6.45) is 14.0. The third-order valence-electron chi connectivity index (χ3n) is 14.2. The number of hydrogen-bond acceptors (Lipinski definition) is 3. The minimum absolute atomic E-state index is 0.288. The van der Waals surface area contributed by atoms with Gasteiger partial charge in [-0.1, -0.05) is 185 Å². The molecule has 0 radical (unpaired) electrons. The molecule has 2 atom stereocenters. The van der Waals surface area contributed by atoms with Crippen LogP contribution in [0.4, 0.5) is 5.69 Å². The lowest BCUT2D eigenvalue weighted by molar-refractivity contribution is 0.0696. The van der Waals surface area contributed by atoms with Gasteiger partial charge in [0.05, 0.1) is 5.56 Å². The summed E-state index contributed by atoms with van der Waals surface area (Å²) < 4.78 is 0. The molecule has 0 fully saturated rings. The Morgan fingerprint density at radius 3 is 2.09 bits per heavy atom. The van der Waals surface area contributed by atoms with Gasteiger partial charge in [0.15, 0.2) is 0 Å². The van der Waals surface area contributed by atoms with E-state index >= 15 is 0 Å². The van der Waals surface area contributed by atoms with Crippen molar-refractivity contribution in [3.05, 3.63) is 249 Å². The van der Waals surface area contributed by atoms with Crippen LogP contribution in [0.1, 0.15) is 85.1 Å². The van der Waals surface area contributed by atoms with Crippen LogP contribution in [0.2, 0.25) is 0 Å². The average molecular weight is 896 g/mol. The molecule has 1 heterocycles. The van der Waals surface area contributed by atoms with E-state index in [-0.39, 0.29) is 11.0 Å². The smallest absolute Gasteiger partial charge is 0.335 e. The summed E-state index contributed by atoms with van der Waals surface area (Å²) in [4.78, 5) is 16.7. The molecule has 1 N–H and O–H groups in total. The average Bonchev–Trinajstić information content (AvgIpc) is 3.82. The molecule has 0 saturated carbocycles. The molecule has 7 aromatic rings. The van der Waals surface area contributed by atoms with Crippen LogP contribution >= 0.6 is 11.8 Å². The summed E-state index contributed by atoms with van der Waals surface area (Å²) in [6.45, 7) is 17.5. The molecule has 2 aliphatic rings. The molecule has 0 saturated heterocycles. The number of benzene rings is 7. The first-order valence-corrected chi connectivity index (χ1v) is 24.6. The minimum Gasteiger partial charge on any atom is -0.478 e. The van der Waals surface area contributed by atoms with Crippen LogP contribution in [0.5, 0.6) is 0 Å². The predicted molar refractivity (Wildman–Crippen MR) is 284 cm³/mol. The molecule has 4 heteroatoms. The van der Waals surface area contributed by atoms with Gasteiger partial charge in [0.1, 0.15) is 0 Å². The Labute approximate surface area is 402 Å². The number of carboxylic acids is 1. The number of hydrogen-bond donors (Lipinski definition) is 1. The quantitative estimate of drug-likeness (QED) is 0.104. The van der Waals surface area contributed by atoms with E-state index in [0.29, 0.717) is 5.92 Å². The van der Waals surface area contributed by atoms with Crippen molar-refractivity contribution >= 4 is 45.0 Å². The van der Waals surface area contributed by atoms with Gasteiger partial charge in [-0.25, -0.2) is 4.79 Å². The highest BCUT2D eigenvalue weighted by Crippen LogP contribution is 2.53. The Bertz CT molecular complexity index is 3100. The van der Waals surface area contributed by atoms with Gasteiger partial charge in [-0.2, -0.15) is 0 Å². The van der Waals surface area contributed by atoms with Crippen LogP contribution in [0.15, 0.2) is 221 Å². The molecule has 336 valence electrons. The molecule has 67 heavy (non-hydrogen) atoms. The first kappa shape index (κ1) is 45.5. The number of aryl methyl sites for hydroxylation is 1. The summed E-state index contributed by atoms with van der Waals surface area (Å²) >= 11 is 1.73. The Balaban J connectivity index is 1.17. The zero-order valence-electron chi connectivity index (χ0n) is 39.6. The van der Waals surface area contributed by atoms with Crippen LogP contribution < -0.4 is 4.90 Å². The van der Waals surface area contributed by atoms with Crippen molar-refractivity contribution < 1.29 is 9.90 Å². The Morgan fingerprint density at radius 1 is 0.776 bits per heavy atom. The van der Waals surface area contributed by atoms with Crippen molar-refractivity contribution in [3.8, 4) is 0 Å². The number of anilines is 1. The lowest BCUT2D eigenvalue weighted by atomic mass is 9.69. The Morgan fingerprint density at radius 2 is 1.40 bits per heavy atom. The third kappa shape index (κ3) is 9.25. The van der Waals surface area contributed by atoms with Gasteiger partial charge in [0.2, 0.25) is 0 Å². The number of nitrogens with zero attached hydrogens (tertiary/aromatic N) is 1. The molecular formula is C63H61NO2S. The number of carbonyl (C=O) groups is 1. The molecule has 1 aliphatic carbocycles. The number of thioether (sulfide) groups is 1. The second kappa shape index (κ2) is 19.3. The summed E-state index contributed by atoms with van der Waals surface area (Å²) in [5.74, 6) is -0.363. The van der Waals surface area contributed by atoms with Gasteiger partial charge >= 0.3 is 5.97 Å². The van der Waals surface area contributed by atoms with Gasteiger partial charge in [-0.05, 0) is 154 Å². The maximum Gasteiger partial charge on any atom is 0.335 e. The fraction of sp³-hybridized carbons (Fsp3) is 0.222. The fourth-order valence-electron chi connectivity index (χ4n) is 10.7. The number of aromatic carboxylic acids is 1. The van der Waals surface area contributed by atoms with Crippen LogP contribution in [-0.4, -0.2) is 17.6 Å². The normalized spacial score (nSPS) is 18.2. The second-order valence-corrected chi connectivity index (χ2v) is 20.5. The summed E-state index contributed by atoms with van der Waals surface area (Å²) in [5.41, 5.74) is 12.4. The van der Waals surface area contributed by atoms with Crippen LogP contribution in [0, 0.1) is 12.8 Å². The maximum atomic E-state index is 11.9. The summed E-state index contributed by atoms with van der Waals surface area (Å²) in [7, 11) is 0. The SMILES string of the molecule is C=C(/C=C/C1=C(Sc2ccc(C(=O)O)cc2)C(=C/C=C2/N(CCC(C)C)c3ccc4ccccc4c3C2(C)Cc2ccccc2)/CC1)C(C)(Cc1ccccc1)c1c(C)ccc2ccccc12. The molecule has 7 aromatic carbocycles. The lowest BCUT2D eigenvalue weighted by Gasteiger charge is -2.34. The van der Waals surface area contributed by atoms with Crippen LogP contribution in [-0.2, 0) is 23.7 Å². The van der Waals surface area contributed by atoms with Gasteiger partial charge < -0.3 is 10.0 Å². The van der Waals surface area contributed by atoms with E-state index in [1.165, 1.54) is 76.8 Å². The van der Waals surface area contributed by atoms with E-state index in [0.717, 1.165) is 49.1 Å². The minimum atomic E-state index is -0.920. The highest BCUT2D eigenvalue weighted by molar-refractivity contribution is 8.03. The van der Waals surface area contributed by atoms with Gasteiger partial charge in [-0.15, -0.1) is 0 Å². The first-order valence-electron chi connectivity index (χ1n) is 23.8. The maximum absolute atomic E-state index is 11.9. The highest BCUT2D eigenvalue weighted by atomic mass is 32.2. The van der Waals surface area contributed by atoms with E-state index < -0.39 is 11.4 Å². The van der Waals surface area contributed by atoms with Crippen molar-refractivity contribution in [1.29, 1.82) is 0 Å². The molecule has 3 nitrogen and oxygen atoms in total. The standard InChI is InChI=1S/C63H61NO2S/c1-43(2)39-40-64-56-37-33-49-22-14-16-24-55(49)59(56)63(6,42-47-19-11-8-12-20-47)57(64)38-34-51-30-29-50(60(51)67-53-35-31-52(32-36-53)61(65)66)28-26-45(4)62(5,41-46-17-9-7-10-18-46)58-44(3)25-27-48-21-13-15-23-54(48)58/h7-28,31-38,43H,4,29-30,39-42H2,1-3,5-6H3,(H,65,66)/b28-26+,51-34+,57-38+. The van der Waals surface area contributed by atoms with E-state index in [1.54, 1.807) is 23.9 Å². The molecule has 1 aliphatic heterocycles. The largest absolute Gasteiger partial charge is 0.478 e. The van der Waals surface area contributed by atoms with Crippen molar-refractivity contribution in [2.75, 3.05) is 11.4 Å². The first-order chi connectivity index (χ1) is 32.4. The van der Waals surface area contributed by atoms with Crippen LogP contribution in [0.25, 0.3) is 21.5 Å².